The molecule has 0 amide bonds. The Bertz CT molecular complexity index is 846. The van der Waals surface area contributed by atoms with E-state index in [0.717, 1.165) is 5.22 Å². The highest BCUT2D eigenvalue weighted by molar-refractivity contribution is 5.70. The lowest BCUT2D eigenvalue weighted by atomic mass is 9.95. The average molecular weight is 281 g/mol. The summed E-state index contributed by atoms with van der Waals surface area (Å²) in [7, 11) is 0. The van der Waals surface area contributed by atoms with Crippen LogP contribution in [0.3, 0.4) is 0 Å². The molecule has 0 radical (unpaired) electrons. The predicted octanol–water partition coefficient (Wildman–Crippen LogP) is -0.0744. The minimum absolute atomic E-state index is 0.00712. The highest BCUT2D eigenvalue weighted by Crippen LogP contribution is 2.24. The molecule has 2 aliphatic rings. The number of ether oxygens (including phenoxy) is 1. The maximum Gasteiger partial charge on any atom is 0.269 e. The molecule has 104 valence electrons. The molecular formula is C15H11N3O3. The van der Waals surface area contributed by atoms with Crippen LogP contribution in [0, 0.1) is 21.4 Å². The van der Waals surface area contributed by atoms with Gasteiger partial charge in [0, 0.05) is 22.9 Å². The first-order valence-corrected chi connectivity index (χ1v) is 6.31. The minimum atomic E-state index is -0.873. The molecule has 0 fully saturated rings. The Morgan fingerprint density at radius 1 is 1.38 bits per heavy atom. The number of rotatable bonds is 2. The molecule has 1 aromatic carbocycles. The summed E-state index contributed by atoms with van der Waals surface area (Å²) in [6.45, 7) is 0. The van der Waals surface area contributed by atoms with E-state index in [-0.39, 0.29) is 5.70 Å². The second kappa shape index (κ2) is 4.89. The Kier molecular flexibility index (Phi) is 3.05. The van der Waals surface area contributed by atoms with Crippen LogP contribution in [-0.2, 0) is 4.74 Å². The molecule has 2 atom stereocenters. The number of benzene rings is 1. The molecule has 0 saturated carbocycles. The topological polar surface area (TPSA) is 102 Å². The first kappa shape index (κ1) is 13.1. The van der Waals surface area contributed by atoms with Crippen molar-refractivity contribution in [2.75, 3.05) is 0 Å². The summed E-state index contributed by atoms with van der Waals surface area (Å²) in [5.41, 5.74) is 6.49. The van der Waals surface area contributed by atoms with Crippen LogP contribution in [0.1, 0.15) is 0 Å². The van der Waals surface area contributed by atoms with Crippen molar-refractivity contribution in [3.05, 3.63) is 68.7 Å². The lowest BCUT2D eigenvalue weighted by Crippen LogP contribution is -2.43. The molecule has 0 spiro atoms. The number of nitro groups is 1. The predicted molar refractivity (Wildman–Crippen MR) is 75.2 cm³/mol. The van der Waals surface area contributed by atoms with Gasteiger partial charge in [0.25, 0.3) is 5.70 Å². The van der Waals surface area contributed by atoms with Gasteiger partial charge in [0.05, 0.1) is 11.0 Å². The van der Waals surface area contributed by atoms with Gasteiger partial charge < -0.3 is 10.5 Å². The van der Waals surface area contributed by atoms with E-state index in [0.29, 0.717) is 16.6 Å². The van der Waals surface area contributed by atoms with Gasteiger partial charge in [-0.1, -0.05) is 24.3 Å². The molecule has 6 heteroatoms. The van der Waals surface area contributed by atoms with Crippen LogP contribution in [0.25, 0.3) is 11.3 Å². The van der Waals surface area contributed by atoms with E-state index in [1.54, 1.807) is 12.1 Å². The fourth-order valence-electron chi connectivity index (χ4n) is 2.48. The highest BCUT2D eigenvalue weighted by Gasteiger charge is 2.27. The average Bonchev–Trinajstić information content (AvgIpc) is 2.52. The summed E-state index contributed by atoms with van der Waals surface area (Å²) in [6, 6.07) is 8.37. The molecule has 6 nitrogen and oxygen atoms in total. The van der Waals surface area contributed by atoms with Crippen molar-refractivity contribution in [1.29, 1.82) is 5.26 Å². The van der Waals surface area contributed by atoms with Gasteiger partial charge in [0.1, 0.15) is 11.9 Å². The van der Waals surface area contributed by atoms with Crippen LogP contribution in [-0.4, -0.2) is 17.1 Å². The van der Waals surface area contributed by atoms with Gasteiger partial charge in [0.15, 0.2) is 6.04 Å². The van der Waals surface area contributed by atoms with E-state index in [1.165, 1.54) is 12.2 Å². The van der Waals surface area contributed by atoms with Crippen molar-refractivity contribution < 1.29 is 9.66 Å². The number of hydrogen-bond acceptors (Lipinski definition) is 5. The van der Waals surface area contributed by atoms with E-state index < -0.39 is 17.1 Å². The van der Waals surface area contributed by atoms with Gasteiger partial charge in [-0.25, -0.2) is 0 Å². The normalized spacial score (nSPS) is 20.6. The Morgan fingerprint density at radius 3 is 2.76 bits per heavy atom. The SMILES string of the molecule is N#CC(N)C1=c2ccccc2=C2C=C([N+](=O)[O-])C=CC2O1. The van der Waals surface area contributed by atoms with E-state index >= 15 is 0 Å². The molecule has 1 aromatic rings. The number of allylic oxidation sites excluding steroid dienone is 1. The third-order valence-electron chi connectivity index (χ3n) is 3.44. The van der Waals surface area contributed by atoms with Gasteiger partial charge in [0.2, 0.25) is 0 Å². The lowest BCUT2D eigenvalue weighted by Gasteiger charge is -2.26. The van der Waals surface area contributed by atoms with E-state index in [4.69, 9.17) is 15.7 Å². The third kappa shape index (κ3) is 2.10. The van der Waals surface area contributed by atoms with Gasteiger partial charge in [-0.3, -0.25) is 10.1 Å². The molecule has 2 N–H and O–H groups in total. The van der Waals surface area contributed by atoms with Crippen molar-refractivity contribution in [2.45, 2.75) is 12.1 Å². The van der Waals surface area contributed by atoms with Crippen molar-refractivity contribution in [2.24, 2.45) is 5.73 Å². The smallest absolute Gasteiger partial charge is 0.269 e. The van der Waals surface area contributed by atoms with Crippen LogP contribution < -0.4 is 16.2 Å². The van der Waals surface area contributed by atoms with Crippen LogP contribution in [0.5, 0.6) is 0 Å². The molecule has 1 aliphatic heterocycles. The van der Waals surface area contributed by atoms with E-state index in [1.807, 2.05) is 24.3 Å². The molecule has 1 aliphatic carbocycles. The highest BCUT2D eigenvalue weighted by atomic mass is 16.6. The third-order valence-corrected chi connectivity index (χ3v) is 3.44. The zero-order valence-electron chi connectivity index (χ0n) is 10.9. The molecule has 21 heavy (non-hydrogen) atoms. The molecule has 2 unspecified atom stereocenters. The summed E-state index contributed by atoms with van der Waals surface area (Å²) < 4.78 is 5.78. The molecular weight excluding hydrogens is 270 g/mol. The molecule has 0 aromatic heterocycles. The van der Waals surface area contributed by atoms with Crippen LogP contribution >= 0.6 is 0 Å². The zero-order chi connectivity index (χ0) is 15.0. The molecule has 0 saturated heterocycles. The largest absolute Gasteiger partial charge is 0.482 e. The van der Waals surface area contributed by atoms with Crippen molar-refractivity contribution in [3.63, 3.8) is 0 Å². The molecule has 0 bridgehead atoms. The number of hydrogen-bond donors (Lipinski definition) is 1. The Hall–Kier alpha value is -2.91. The summed E-state index contributed by atoms with van der Waals surface area (Å²) in [4.78, 5) is 10.5. The fourth-order valence-corrected chi connectivity index (χ4v) is 2.48. The maximum absolute atomic E-state index is 10.9. The maximum atomic E-state index is 10.9. The number of nitrogens with two attached hydrogens (primary N) is 1. The van der Waals surface area contributed by atoms with E-state index in [2.05, 4.69) is 0 Å². The van der Waals surface area contributed by atoms with Gasteiger partial charge in [-0.05, 0) is 11.3 Å². The Morgan fingerprint density at radius 2 is 2.10 bits per heavy atom. The first-order chi connectivity index (χ1) is 10.1. The second-order valence-corrected chi connectivity index (χ2v) is 4.70. The van der Waals surface area contributed by atoms with Gasteiger partial charge in [-0.2, -0.15) is 5.26 Å². The van der Waals surface area contributed by atoms with Crippen LogP contribution in [0.2, 0.25) is 0 Å². The van der Waals surface area contributed by atoms with E-state index in [9.17, 15) is 10.1 Å². The fraction of sp³-hybridized carbons (Fsp3) is 0.133. The van der Waals surface area contributed by atoms with Crippen LogP contribution in [0.15, 0.2) is 48.2 Å². The Balaban J connectivity index is 2.35. The quantitative estimate of drug-likeness (QED) is 0.603. The van der Waals surface area contributed by atoms with Gasteiger partial charge in [-0.15, -0.1) is 0 Å². The second-order valence-electron chi connectivity index (χ2n) is 4.70. The first-order valence-electron chi connectivity index (χ1n) is 6.31. The summed E-state index contributed by atoms with van der Waals surface area (Å²) >= 11 is 0. The van der Waals surface area contributed by atoms with Gasteiger partial charge >= 0.3 is 0 Å². The van der Waals surface area contributed by atoms with Crippen molar-refractivity contribution in [3.8, 4) is 6.07 Å². The number of fused-ring (bicyclic) bond motifs is 2. The number of nitriles is 1. The monoisotopic (exact) mass is 281 g/mol. The molecule has 1 heterocycles. The summed E-state index contributed by atoms with van der Waals surface area (Å²) in [5, 5.41) is 21.4. The van der Waals surface area contributed by atoms with Crippen LogP contribution in [0.4, 0.5) is 0 Å². The summed E-state index contributed by atoms with van der Waals surface area (Å²) in [5.74, 6) is 0.393. The Labute approximate surface area is 119 Å². The van der Waals surface area contributed by atoms with Crippen molar-refractivity contribution >= 4 is 11.3 Å². The zero-order valence-corrected chi connectivity index (χ0v) is 10.9. The summed E-state index contributed by atoms with van der Waals surface area (Å²) in [6.07, 6.45) is 4.04. The standard InChI is InChI=1S/C15H11N3O3/c16-8-13(17)15-11-4-2-1-3-10(11)12-7-9(18(19)20)5-6-14(12)21-15/h1-7,13-14H,17H2. The minimum Gasteiger partial charge on any atom is -0.482 e. The van der Waals surface area contributed by atoms with Crippen molar-refractivity contribution in [1.82, 2.24) is 0 Å². The molecule has 3 rings (SSSR count). The lowest BCUT2D eigenvalue weighted by molar-refractivity contribution is -0.419. The number of nitrogens with zero attached hydrogens (tertiary/aromatic N) is 2.